The highest BCUT2D eigenvalue weighted by Gasteiger charge is 1.98. The van der Waals surface area contributed by atoms with Gasteiger partial charge in [-0.2, -0.15) is 0 Å². The molecule has 0 aromatic heterocycles. The SMILES string of the molecule is CCOCCNc1cc(Br)ccc1N. The number of nitrogens with one attached hydrogen (secondary N) is 1. The van der Waals surface area contributed by atoms with E-state index in [1.54, 1.807) is 0 Å². The molecule has 0 saturated heterocycles. The topological polar surface area (TPSA) is 47.3 Å². The van der Waals surface area contributed by atoms with Crippen molar-refractivity contribution in [1.82, 2.24) is 0 Å². The lowest BCUT2D eigenvalue weighted by Crippen LogP contribution is -2.10. The molecule has 0 unspecified atom stereocenters. The van der Waals surface area contributed by atoms with E-state index in [0.717, 1.165) is 29.0 Å². The second-order valence-electron chi connectivity index (χ2n) is 2.86. The van der Waals surface area contributed by atoms with E-state index in [2.05, 4.69) is 21.2 Å². The van der Waals surface area contributed by atoms with Crippen molar-refractivity contribution < 1.29 is 4.74 Å². The van der Waals surface area contributed by atoms with Crippen LogP contribution in [0.4, 0.5) is 11.4 Å². The molecule has 4 heteroatoms. The lowest BCUT2D eigenvalue weighted by atomic mass is 10.3. The monoisotopic (exact) mass is 258 g/mol. The van der Waals surface area contributed by atoms with Gasteiger partial charge < -0.3 is 15.8 Å². The molecular weight excluding hydrogens is 244 g/mol. The van der Waals surface area contributed by atoms with Crippen LogP contribution in [-0.4, -0.2) is 19.8 Å². The number of halogens is 1. The van der Waals surface area contributed by atoms with Gasteiger partial charge in [0.2, 0.25) is 0 Å². The van der Waals surface area contributed by atoms with Gasteiger partial charge in [0, 0.05) is 17.6 Å². The first kappa shape index (κ1) is 11.3. The van der Waals surface area contributed by atoms with Crippen LogP contribution >= 0.6 is 15.9 Å². The fourth-order valence-electron chi connectivity index (χ4n) is 1.08. The summed E-state index contributed by atoms with van der Waals surface area (Å²) < 4.78 is 6.23. The van der Waals surface area contributed by atoms with E-state index >= 15 is 0 Å². The minimum absolute atomic E-state index is 0.697. The molecule has 3 nitrogen and oxygen atoms in total. The maximum Gasteiger partial charge on any atom is 0.0638 e. The zero-order valence-corrected chi connectivity index (χ0v) is 9.80. The lowest BCUT2D eigenvalue weighted by molar-refractivity contribution is 0.158. The Morgan fingerprint density at radius 1 is 1.50 bits per heavy atom. The first-order chi connectivity index (χ1) is 6.74. The van der Waals surface area contributed by atoms with E-state index in [1.807, 2.05) is 25.1 Å². The molecule has 0 aliphatic heterocycles. The minimum atomic E-state index is 0.697. The Labute approximate surface area is 92.8 Å². The highest BCUT2D eigenvalue weighted by molar-refractivity contribution is 9.10. The molecule has 0 saturated carbocycles. The number of ether oxygens (including phenoxy) is 1. The van der Waals surface area contributed by atoms with Crippen molar-refractivity contribution in [3.8, 4) is 0 Å². The van der Waals surface area contributed by atoms with Crippen LogP contribution in [-0.2, 0) is 4.74 Å². The molecule has 1 rings (SSSR count). The van der Waals surface area contributed by atoms with Gasteiger partial charge in [-0.25, -0.2) is 0 Å². The van der Waals surface area contributed by atoms with E-state index in [9.17, 15) is 0 Å². The summed E-state index contributed by atoms with van der Waals surface area (Å²) >= 11 is 3.39. The second-order valence-corrected chi connectivity index (χ2v) is 3.77. The summed E-state index contributed by atoms with van der Waals surface area (Å²) in [6.45, 7) is 4.19. The smallest absolute Gasteiger partial charge is 0.0638 e. The zero-order valence-electron chi connectivity index (χ0n) is 8.22. The predicted octanol–water partition coefficient (Wildman–Crippen LogP) is 2.48. The predicted molar refractivity (Wildman–Crippen MR) is 63.5 cm³/mol. The first-order valence-electron chi connectivity index (χ1n) is 4.60. The van der Waals surface area contributed by atoms with E-state index in [-0.39, 0.29) is 0 Å². The lowest BCUT2D eigenvalue weighted by Gasteiger charge is -2.09. The van der Waals surface area contributed by atoms with Crippen molar-refractivity contribution in [3.63, 3.8) is 0 Å². The number of nitrogens with two attached hydrogens (primary N) is 1. The van der Waals surface area contributed by atoms with Crippen LogP contribution < -0.4 is 11.1 Å². The van der Waals surface area contributed by atoms with E-state index in [1.165, 1.54) is 0 Å². The van der Waals surface area contributed by atoms with Crippen molar-refractivity contribution in [3.05, 3.63) is 22.7 Å². The largest absolute Gasteiger partial charge is 0.397 e. The summed E-state index contributed by atoms with van der Waals surface area (Å²) in [5, 5.41) is 3.21. The summed E-state index contributed by atoms with van der Waals surface area (Å²) in [4.78, 5) is 0. The van der Waals surface area contributed by atoms with E-state index in [4.69, 9.17) is 10.5 Å². The van der Waals surface area contributed by atoms with Crippen molar-refractivity contribution in [2.45, 2.75) is 6.92 Å². The molecule has 0 fully saturated rings. The molecule has 1 aromatic rings. The van der Waals surface area contributed by atoms with Crippen LogP contribution in [0.2, 0.25) is 0 Å². The number of nitrogen functional groups attached to an aromatic ring is 1. The van der Waals surface area contributed by atoms with Crippen LogP contribution in [0.15, 0.2) is 22.7 Å². The van der Waals surface area contributed by atoms with Crippen LogP contribution in [0.3, 0.4) is 0 Å². The maximum absolute atomic E-state index is 5.78. The molecule has 0 radical (unpaired) electrons. The average Bonchev–Trinajstić information content (AvgIpc) is 2.18. The Bertz CT molecular complexity index is 291. The number of benzene rings is 1. The molecule has 14 heavy (non-hydrogen) atoms. The average molecular weight is 259 g/mol. The van der Waals surface area contributed by atoms with Crippen molar-refractivity contribution in [1.29, 1.82) is 0 Å². The summed E-state index contributed by atoms with van der Waals surface area (Å²) in [7, 11) is 0. The third kappa shape index (κ3) is 3.55. The summed E-state index contributed by atoms with van der Waals surface area (Å²) in [6, 6.07) is 5.75. The molecule has 0 amide bonds. The Balaban J connectivity index is 2.45. The van der Waals surface area contributed by atoms with Gasteiger partial charge in [-0.1, -0.05) is 15.9 Å². The van der Waals surface area contributed by atoms with E-state index in [0.29, 0.717) is 6.61 Å². The minimum Gasteiger partial charge on any atom is -0.397 e. The molecule has 1 aromatic carbocycles. The Kier molecular flexibility index (Phi) is 4.76. The van der Waals surface area contributed by atoms with Crippen LogP contribution in [0.1, 0.15) is 6.92 Å². The van der Waals surface area contributed by atoms with Gasteiger partial charge in [-0.05, 0) is 25.1 Å². The molecule has 78 valence electrons. The molecular formula is C10H15BrN2O. The Morgan fingerprint density at radius 2 is 2.29 bits per heavy atom. The molecule has 0 aliphatic rings. The van der Waals surface area contributed by atoms with Gasteiger partial charge in [0.05, 0.1) is 18.0 Å². The van der Waals surface area contributed by atoms with Gasteiger partial charge in [-0.3, -0.25) is 0 Å². The van der Waals surface area contributed by atoms with Gasteiger partial charge >= 0.3 is 0 Å². The summed E-state index contributed by atoms with van der Waals surface area (Å²) in [5.41, 5.74) is 7.48. The first-order valence-corrected chi connectivity index (χ1v) is 5.40. The van der Waals surface area contributed by atoms with Gasteiger partial charge in [0.15, 0.2) is 0 Å². The third-order valence-corrected chi connectivity index (χ3v) is 2.27. The van der Waals surface area contributed by atoms with Gasteiger partial charge in [-0.15, -0.1) is 0 Å². The third-order valence-electron chi connectivity index (χ3n) is 1.78. The summed E-state index contributed by atoms with van der Waals surface area (Å²) in [5.74, 6) is 0. The molecule has 3 N–H and O–H groups in total. The Hall–Kier alpha value is -0.740. The fourth-order valence-corrected chi connectivity index (χ4v) is 1.44. The quantitative estimate of drug-likeness (QED) is 0.630. The van der Waals surface area contributed by atoms with Gasteiger partial charge in [0.25, 0.3) is 0 Å². The number of hydrogen-bond donors (Lipinski definition) is 2. The van der Waals surface area contributed by atoms with E-state index < -0.39 is 0 Å². The van der Waals surface area contributed by atoms with Crippen molar-refractivity contribution in [2.75, 3.05) is 30.8 Å². The second kappa shape index (κ2) is 5.88. The van der Waals surface area contributed by atoms with Crippen LogP contribution in [0, 0.1) is 0 Å². The number of anilines is 2. The standard InChI is InChI=1S/C10H15BrN2O/c1-2-14-6-5-13-10-7-8(11)3-4-9(10)12/h3-4,7,13H,2,5-6,12H2,1H3. The molecule has 0 atom stereocenters. The molecule has 0 spiro atoms. The molecule has 0 bridgehead atoms. The highest BCUT2D eigenvalue weighted by Crippen LogP contribution is 2.22. The summed E-state index contributed by atoms with van der Waals surface area (Å²) in [6.07, 6.45) is 0. The van der Waals surface area contributed by atoms with Crippen LogP contribution in [0.5, 0.6) is 0 Å². The maximum atomic E-state index is 5.78. The Morgan fingerprint density at radius 3 is 3.00 bits per heavy atom. The molecule has 0 heterocycles. The van der Waals surface area contributed by atoms with Gasteiger partial charge in [0.1, 0.15) is 0 Å². The van der Waals surface area contributed by atoms with Crippen molar-refractivity contribution in [2.24, 2.45) is 0 Å². The number of hydrogen-bond acceptors (Lipinski definition) is 3. The fraction of sp³-hybridized carbons (Fsp3) is 0.400. The molecule has 0 aliphatic carbocycles. The zero-order chi connectivity index (χ0) is 10.4. The normalized spacial score (nSPS) is 10.1. The van der Waals surface area contributed by atoms with Crippen LogP contribution in [0.25, 0.3) is 0 Å². The highest BCUT2D eigenvalue weighted by atomic mass is 79.9. The van der Waals surface area contributed by atoms with Crippen molar-refractivity contribution >= 4 is 27.3 Å². The number of rotatable bonds is 5.